The summed E-state index contributed by atoms with van der Waals surface area (Å²) in [6, 6.07) is 2.03. The SMILES string of the molecule is CCCCN1CN=C2C1=CN(CCCCc1cc(C)no1)CN2C. The van der Waals surface area contributed by atoms with Gasteiger partial charge in [-0.3, -0.25) is 0 Å². The lowest BCUT2D eigenvalue weighted by molar-refractivity contribution is 0.245. The molecular weight excluding hydrogens is 302 g/mol. The largest absolute Gasteiger partial charge is 0.361 e. The second-order valence-electron chi connectivity index (χ2n) is 6.80. The Morgan fingerprint density at radius 2 is 2.08 bits per heavy atom. The molecule has 0 bridgehead atoms. The van der Waals surface area contributed by atoms with E-state index in [-0.39, 0.29) is 0 Å². The maximum Gasteiger partial charge on any atom is 0.152 e. The van der Waals surface area contributed by atoms with E-state index in [0.29, 0.717) is 0 Å². The highest BCUT2D eigenvalue weighted by Crippen LogP contribution is 2.22. The molecular formula is C18H29N5O. The van der Waals surface area contributed by atoms with Gasteiger partial charge in [-0.15, -0.1) is 0 Å². The summed E-state index contributed by atoms with van der Waals surface area (Å²) in [7, 11) is 2.14. The Kier molecular flexibility index (Phi) is 5.43. The molecule has 0 aromatic carbocycles. The summed E-state index contributed by atoms with van der Waals surface area (Å²) in [6.07, 6.45) is 7.99. The van der Waals surface area contributed by atoms with Crippen molar-refractivity contribution < 1.29 is 4.52 Å². The summed E-state index contributed by atoms with van der Waals surface area (Å²) >= 11 is 0. The lowest BCUT2D eigenvalue weighted by Crippen LogP contribution is -2.44. The molecule has 0 amide bonds. The molecule has 0 atom stereocenters. The molecule has 6 heteroatoms. The third-order valence-electron chi connectivity index (χ3n) is 4.60. The van der Waals surface area contributed by atoms with Gasteiger partial charge in [0.05, 0.1) is 18.1 Å². The predicted octanol–water partition coefficient (Wildman–Crippen LogP) is 2.82. The molecule has 0 N–H and O–H groups in total. The van der Waals surface area contributed by atoms with Crippen molar-refractivity contribution in [1.29, 1.82) is 0 Å². The highest BCUT2D eigenvalue weighted by molar-refractivity contribution is 5.99. The zero-order valence-corrected chi connectivity index (χ0v) is 15.2. The average molecular weight is 331 g/mol. The van der Waals surface area contributed by atoms with Crippen LogP contribution in [0.5, 0.6) is 0 Å². The fourth-order valence-corrected chi connectivity index (χ4v) is 3.28. The van der Waals surface area contributed by atoms with Crippen LogP contribution in [-0.4, -0.2) is 59.2 Å². The Morgan fingerprint density at radius 3 is 2.83 bits per heavy atom. The van der Waals surface area contributed by atoms with Crippen molar-refractivity contribution in [2.45, 2.75) is 46.0 Å². The number of aliphatic imine (C=N–C) groups is 1. The van der Waals surface area contributed by atoms with Gasteiger partial charge >= 0.3 is 0 Å². The van der Waals surface area contributed by atoms with Crippen LogP contribution >= 0.6 is 0 Å². The third-order valence-corrected chi connectivity index (χ3v) is 4.60. The standard InChI is InChI=1S/C18H29N5O/c1-4-5-10-23-13-19-18-17(23)12-22(14-21(18)3)9-7-6-8-16-11-15(2)20-24-16/h11-12H,4-10,13-14H2,1-3H3. The van der Waals surface area contributed by atoms with Crippen LogP contribution < -0.4 is 0 Å². The second kappa shape index (κ2) is 7.73. The van der Waals surface area contributed by atoms with E-state index in [1.807, 2.05) is 13.0 Å². The second-order valence-corrected chi connectivity index (χ2v) is 6.80. The summed E-state index contributed by atoms with van der Waals surface area (Å²) in [5, 5.41) is 3.94. The third kappa shape index (κ3) is 3.91. The summed E-state index contributed by atoms with van der Waals surface area (Å²) in [6.45, 7) is 8.10. The fourth-order valence-electron chi connectivity index (χ4n) is 3.28. The lowest BCUT2D eigenvalue weighted by Gasteiger charge is -2.35. The van der Waals surface area contributed by atoms with Gasteiger partial charge in [0.25, 0.3) is 0 Å². The topological polar surface area (TPSA) is 48.1 Å². The first-order valence-electron chi connectivity index (χ1n) is 9.06. The van der Waals surface area contributed by atoms with Gasteiger partial charge in [-0.25, -0.2) is 4.99 Å². The van der Waals surface area contributed by atoms with E-state index in [9.17, 15) is 0 Å². The lowest BCUT2D eigenvalue weighted by atomic mass is 10.2. The Balaban J connectivity index is 1.50. The summed E-state index contributed by atoms with van der Waals surface area (Å²) in [5.41, 5.74) is 2.26. The molecule has 0 aliphatic carbocycles. The maximum atomic E-state index is 5.28. The predicted molar refractivity (Wildman–Crippen MR) is 95.5 cm³/mol. The van der Waals surface area contributed by atoms with Crippen molar-refractivity contribution in [3.63, 3.8) is 0 Å². The number of rotatable bonds is 8. The first kappa shape index (κ1) is 16.9. The van der Waals surface area contributed by atoms with E-state index in [2.05, 4.69) is 40.0 Å². The number of nitrogens with zero attached hydrogens (tertiary/aromatic N) is 5. The van der Waals surface area contributed by atoms with Gasteiger partial charge in [0.1, 0.15) is 12.4 Å². The molecule has 24 heavy (non-hydrogen) atoms. The maximum absolute atomic E-state index is 5.28. The van der Waals surface area contributed by atoms with Crippen LogP contribution in [0.2, 0.25) is 0 Å². The molecule has 3 heterocycles. The van der Waals surface area contributed by atoms with Crippen molar-refractivity contribution in [3.05, 3.63) is 29.4 Å². The minimum atomic E-state index is 0.810. The molecule has 3 rings (SSSR count). The van der Waals surface area contributed by atoms with Crippen LogP contribution in [0.3, 0.4) is 0 Å². The van der Waals surface area contributed by atoms with Crippen molar-refractivity contribution in [1.82, 2.24) is 19.9 Å². The minimum Gasteiger partial charge on any atom is -0.361 e. The first-order chi connectivity index (χ1) is 11.7. The smallest absolute Gasteiger partial charge is 0.152 e. The van der Waals surface area contributed by atoms with E-state index in [0.717, 1.165) is 63.0 Å². The molecule has 0 spiro atoms. The van der Waals surface area contributed by atoms with E-state index in [1.54, 1.807) is 0 Å². The summed E-state index contributed by atoms with van der Waals surface area (Å²) < 4.78 is 5.28. The monoisotopic (exact) mass is 331 g/mol. The summed E-state index contributed by atoms with van der Waals surface area (Å²) in [5.74, 6) is 2.15. The van der Waals surface area contributed by atoms with Gasteiger partial charge in [-0.05, 0) is 26.2 Å². The van der Waals surface area contributed by atoms with Gasteiger partial charge in [0.2, 0.25) is 0 Å². The minimum absolute atomic E-state index is 0.810. The van der Waals surface area contributed by atoms with Gasteiger partial charge in [0.15, 0.2) is 5.84 Å². The molecule has 0 radical (unpaired) electrons. The Labute approximate surface area is 144 Å². The van der Waals surface area contributed by atoms with Crippen LogP contribution in [0.4, 0.5) is 0 Å². The zero-order valence-electron chi connectivity index (χ0n) is 15.2. The molecule has 0 saturated heterocycles. The molecule has 2 aliphatic heterocycles. The van der Waals surface area contributed by atoms with E-state index < -0.39 is 0 Å². The molecule has 132 valence electrons. The Hall–Kier alpha value is -1.98. The number of hydrogen-bond acceptors (Lipinski definition) is 6. The number of likely N-dealkylation sites (N-methyl/N-ethyl adjacent to an activating group) is 1. The molecule has 1 aromatic heterocycles. The highest BCUT2D eigenvalue weighted by Gasteiger charge is 2.28. The van der Waals surface area contributed by atoms with E-state index in [1.165, 1.54) is 18.5 Å². The molecule has 2 aliphatic rings. The zero-order chi connectivity index (χ0) is 16.9. The number of hydrogen-bond donors (Lipinski definition) is 0. The van der Waals surface area contributed by atoms with Crippen LogP contribution in [-0.2, 0) is 6.42 Å². The Bertz CT molecular complexity index is 606. The number of amidine groups is 1. The molecule has 6 nitrogen and oxygen atoms in total. The van der Waals surface area contributed by atoms with Crippen LogP contribution in [0.15, 0.2) is 27.5 Å². The molecule has 0 saturated carbocycles. The van der Waals surface area contributed by atoms with Gasteiger partial charge < -0.3 is 19.2 Å². The normalized spacial score (nSPS) is 17.2. The highest BCUT2D eigenvalue weighted by atomic mass is 16.5. The van der Waals surface area contributed by atoms with Crippen molar-refractivity contribution >= 4 is 5.84 Å². The van der Waals surface area contributed by atoms with Crippen molar-refractivity contribution in [3.8, 4) is 0 Å². The number of unbranched alkanes of at least 4 members (excludes halogenated alkanes) is 2. The first-order valence-corrected chi connectivity index (χ1v) is 9.06. The average Bonchev–Trinajstić information content (AvgIpc) is 3.16. The van der Waals surface area contributed by atoms with Gasteiger partial charge in [0, 0.05) is 38.8 Å². The molecule has 0 unspecified atom stereocenters. The van der Waals surface area contributed by atoms with Gasteiger partial charge in [-0.1, -0.05) is 18.5 Å². The number of fused-ring (bicyclic) bond motifs is 1. The number of aromatic nitrogens is 1. The molecule has 0 fully saturated rings. The van der Waals surface area contributed by atoms with Crippen molar-refractivity contribution in [2.24, 2.45) is 4.99 Å². The number of aryl methyl sites for hydroxylation is 2. The van der Waals surface area contributed by atoms with E-state index >= 15 is 0 Å². The molecule has 1 aromatic rings. The quantitative estimate of drug-likeness (QED) is 0.686. The summed E-state index contributed by atoms with van der Waals surface area (Å²) in [4.78, 5) is 11.8. The Morgan fingerprint density at radius 1 is 1.21 bits per heavy atom. The van der Waals surface area contributed by atoms with E-state index in [4.69, 9.17) is 9.52 Å². The van der Waals surface area contributed by atoms with Crippen LogP contribution in [0.25, 0.3) is 0 Å². The van der Waals surface area contributed by atoms with Gasteiger partial charge in [-0.2, -0.15) is 0 Å². The van der Waals surface area contributed by atoms with Crippen LogP contribution in [0.1, 0.15) is 44.1 Å². The fraction of sp³-hybridized carbons (Fsp3) is 0.667. The van der Waals surface area contributed by atoms with Crippen LogP contribution in [0, 0.1) is 6.92 Å². The van der Waals surface area contributed by atoms with Crippen molar-refractivity contribution in [2.75, 3.05) is 33.5 Å².